The van der Waals surface area contributed by atoms with Crippen molar-refractivity contribution < 1.29 is 30.3 Å². The van der Waals surface area contributed by atoms with Crippen LogP contribution in [0.3, 0.4) is 0 Å². The van der Waals surface area contributed by atoms with E-state index in [2.05, 4.69) is 27.9 Å². The summed E-state index contributed by atoms with van der Waals surface area (Å²) in [7, 11) is 6.90. The Morgan fingerprint density at radius 2 is 1.03 bits per heavy atom. The molecule has 0 aromatic rings. The SMILES string of the molecule is CCCCCCCCCCCCCCCC[N+](C)(C)CCC(C)[SiH](OC)OC.[Br-]. The average Bonchev–Trinajstić information content (AvgIpc) is 2.67. The first-order chi connectivity index (χ1) is 13.5. The van der Waals surface area contributed by atoms with E-state index in [-0.39, 0.29) is 17.0 Å². The summed E-state index contributed by atoms with van der Waals surface area (Å²) >= 11 is 0. The lowest BCUT2D eigenvalue weighted by atomic mass is 10.0. The topological polar surface area (TPSA) is 18.5 Å². The number of nitrogens with zero attached hydrogens (tertiary/aromatic N) is 1. The van der Waals surface area contributed by atoms with Crippen LogP contribution in [0, 0.1) is 0 Å². The zero-order valence-corrected chi connectivity index (χ0v) is 23.6. The van der Waals surface area contributed by atoms with Crippen LogP contribution in [0.5, 0.6) is 0 Å². The monoisotopic (exact) mass is 495 g/mol. The van der Waals surface area contributed by atoms with E-state index < -0.39 is 9.28 Å². The average molecular weight is 497 g/mol. The van der Waals surface area contributed by atoms with Gasteiger partial charge in [0.2, 0.25) is 0 Å². The minimum absolute atomic E-state index is 0. The third-order valence-corrected chi connectivity index (χ3v) is 8.43. The van der Waals surface area contributed by atoms with Gasteiger partial charge in [-0.3, -0.25) is 0 Å². The van der Waals surface area contributed by atoms with Crippen LogP contribution in [-0.4, -0.2) is 55.2 Å². The normalized spacial score (nSPS) is 12.9. The molecule has 0 aliphatic carbocycles. The molecule has 0 aliphatic rings. The summed E-state index contributed by atoms with van der Waals surface area (Å²) in [6.07, 6.45) is 21.3. The fourth-order valence-electron chi connectivity index (χ4n) is 4.10. The number of rotatable bonds is 21. The Morgan fingerprint density at radius 3 is 1.41 bits per heavy atom. The van der Waals surface area contributed by atoms with Crippen molar-refractivity contribution in [2.75, 3.05) is 41.4 Å². The molecule has 178 valence electrons. The highest BCUT2D eigenvalue weighted by Crippen LogP contribution is 2.18. The summed E-state index contributed by atoms with van der Waals surface area (Å²) in [5, 5.41) is 0. The molecule has 0 radical (unpaired) electrons. The zero-order chi connectivity index (χ0) is 21.1. The van der Waals surface area contributed by atoms with E-state index in [0.717, 1.165) is 4.48 Å². The lowest BCUT2D eigenvalue weighted by Gasteiger charge is -2.31. The van der Waals surface area contributed by atoms with Crippen LogP contribution in [0.4, 0.5) is 0 Å². The van der Waals surface area contributed by atoms with Crippen LogP contribution in [-0.2, 0) is 8.85 Å². The second-order valence-corrected chi connectivity index (χ2v) is 12.4. The number of halogens is 1. The summed E-state index contributed by atoms with van der Waals surface area (Å²) in [5.74, 6) is 0. The lowest BCUT2D eigenvalue weighted by Crippen LogP contribution is -3.00. The van der Waals surface area contributed by atoms with Gasteiger partial charge in [-0.1, -0.05) is 90.9 Å². The Balaban J connectivity index is 0. The molecule has 5 heteroatoms. The quantitative estimate of drug-likeness (QED) is 0.137. The molecule has 0 saturated carbocycles. The van der Waals surface area contributed by atoms with Crippen molar-refractivity contribution in [1.82, 2.24) is 0 Å². The van der Waals surface area contributed by atoms with Crippen LogP contribution < -0.4 is 17.0 Å². The first-order valence-electron chi connectivity index (χ1n) is 12.3. The smallest absolute Gasteiger partial charge is 0.324 e. The van der Waals surface area contributed by atoms with E-state index in [4.69, 9.17) is 8.85 Å². The van der Waals surface area contributed by atoms with Crippen molar-refractivity contribution in [1.29, 1.82) is 0 Å². The molecule has 0 heterocycles. The van der Waals surface area contributed by atoms with Gasteiger partial charge in [-0.15, -0.1) is 0 Å². The van der Waals surface area contributed by atoms with Gasteiger partial charge in [0.25, 0.3) is 0 Å². The molecule has 1 unspecified atom stereocenters. The predicted octanol–water partition coefficient (Wildman–Crippen LogP) is 3.84. The molecule has 0 aliphatic heterocycles. The van der Waals surface area contributed by atoms with Crippen LogP contribution in [0.25, 0.3) is 0 Å². The Hall–Kier alpha value is 0.577. The molecule has 0 N–H and O–H groups in total. The molecule has 0 rings (SSSR count). The van der Waals surface area contributed by atoms with E-state index in [1.807, 2.05) is 0 Å². The van der Waals surface area contributed by atoms with Gasteiger partial charge in [0.1, 0.15) is 0 Å². The van der Waals surface area contributed by atoms with Crippen molar-refractivity contribution in [3.8, 4) is 0 Å². The highest BCUT2D eigenvalue weighted by atomic mass is 79.9. The second kappa shape index (κ2) is 21.8. The number of quaternary nitrogens is 1. The third-order valence-electron chi connectivity index (χ3n) is 6.24. The van der Waals surface area contributed by atoms with Crippen LogP contribution in [0.2, 0.25) is 5.54 Å². The Labute approximate surface area is 196 Å². The highest BCUT2D eigenvalue weighted by Gasteiger charge is 2.23. The Bertz CT molecular complexity index is 328. The lowest BCUT2D eigenvalue weighted by molar-refractivity contribution is -0.890. The minimum atomic E-state index is -1.45. The third kappa shape index (κ3) is 20.2. The van der Waals surface area contributed by atoms with Crippen LogP contribution in [0.15, 0.2) is 0 Å². The maximum atomic E-state index is 5.52. The standard InChI is InChI=1S/C24H54NO2Si.BrH/c1-7-8-9-10-11-12-13-14-15-16-17-18-19-20-22-25(3,4)23-21-24(2)28(26-5)27-6;/h24,28H,7-23H2,1-6H3;1H/q+1;/p-1. The summed E-state index contributed by atoms with van der Waals surface area (Å²) < 4.78 is 12.2. The Kier molecular flexibility index (Phi) is 23.9. The van der Waals surface area contributed by atoms with Crippen molar-refractivity contribution in [3.05, 3.63) is 0 Å². The van der Waals surface area contributed by atoms with Crippen LogP contribution in [0.1, 0.15) is 110 Å². The van der Waals surface area contributed by atoms with Gasteiger partial charge in [-0.05, 0) is 12.8 Å². The van der Waals surface area contributed by atoms with E-state index in [0.29, 0.717) is 5.54 Å². The van der Waals surface area contributed by atoms with Crippen molar-refractivity contribution in [2.45, 2.75) is 116 Å². The molecule has 0 fully saturated rings. The molecule has 0 aromatic carbocycles. The largest absolute Gasteiger partial charge is 1.00 e. The number of hydrogen-bond donors (Lipinski definition) is 0. The molecule has 0 spiro atoms. The molecule has 0 amide bonds. The molecule has 0 aromatic heterocycles. The minimum Gasteiger partial charge on any atom is -1.00 e. The van der Waals surface area contributed by atoms with Gasteiger partial charge in [-0.25, -0.2) is 0 Å². The molecule has 0 saturated heterocycles. The van der Waals surface area contributed by atoms with E-state index in [1.165, 1.54) is 109 Å². The maximum Gasteiger partial charge on any atom is 0.324 e. The fraction of sp³-hybridized carbons (Fsp3) is 1.00. The van der Waals surface area contributed by atoms with Crippen molar-refractivity contribution in [3.63, 3.8) is 0 Å². The van der Waals surface area contributed by atoms with Crippen molar-refractivity contribution >= 4 is 9.28 Å². The van der Waals surface area contributed by atoms with E-state index in [9.17, 15) is 0 Å². The van der Waals surface area contributed by atoms with Gasteiger partial charge >= 0.3 is 9.28 Å². The predicted molar refractivity (Wildman–Crippen MR) is 127 cm³/mol. The second-order valence-electron chi connectivity index (χ2n) is 9.58. The number of unbranched alkanes of at least 4 members (excludes halogenated alkanes) is 13. The first-order valence-corrected chi connectivity index (χ1v) is 14.0. The van der Waals surface area contributed by atoms with Gasteiger partial charge in [0.05, 0.1) is 27.2 Å². The summed E-state index contributed by atoms with van der Waals surface area (Å²) in [5.41, 5.74) is 0.587. The number of hydrogen-bond acceptors (Lipinski definition) is 2. The van der Waals surface area contributed by atoms with Gasteiger partial charge in [-0.2, -0.15) is 0 Å². The van der Waals surface area contributed by atoms with Gasteiger partial charge in [0, 0.05) is 26.2 Å². The molecule has 1 atom stereocenters. The molecule has 3 nitrogen and oxygen atoms in total. The van der Waals surface area contributed by atoms with Crippen LogP contribution >= 0.6 is 0 Å². The first kappa shape index (κ1) is 31.8. The molecular formula is C24H54BrNO2Si. The van der Waals surface area contributed by atoms with E-state index >= 15 is 0 Å². The molecule has 29 heavy (non-hydrogen) atoms. The molecule has 0 bridgehead atoms. The van der Waals surface area contributed by atoms with Gasteiger partial charge < -0.3 is 30.3 Å². The van der Waals surface area contributed by atoms with E-state index in [1.54, 1.807) is 14.2 Å². The van der Waals surface area contributed by atoms with Crippen molar-refractivity contribution in [2.24, 2.45) is 0 Å². The van der Waals surface area contributed by atoms with Gasteiger partial charge in [0.15, 0.2) is 0 Å². The maximum absolute atomic E-state index is 5.52. The summed E-state index contributed by atoms with van der Waals surface area (Å²) in [4.78, 5) is 0. The fourth-order valence-corrected chi connectivity index (χ4v) is 5.64. The highest BCUT2D eigenvalue weighted by molar-refractivity contribution is 6.46. The summed E-state index contributed by atoms with van der Waals surface area (Å²) in [6, 6.07) is 0. The Morgan fingerprint density at radius 1 is 0.655 bits per heavy atom. The zero-order valence-electron chi connectivity index (χ0n) is 20.8. The summed E-state index contributed by atoms with van der Waals surface area (Å²) in [6.45, 7) is 7.12. The molecular weight excluding hydrogens is 442 g/mol.